The molecule has 1 aromatic heterocycles. The number of benzene rings is 1. The fourth-order valence-electron chi connectivity index (χ4n) is 2.36. The number of nitrogens with zero attached hydrogens (tertiary/aromatic N) is 2. The van der Waals surface area contributed by atoms with Gasteiger partial charge in [-0.05, 0) is 14.2 Å². The molecule has 0 saturated carbocycles. The lowest BCUT2D eigenvalue weighted by molar-refractivity contribution is -0.146. The SMILES string of the molecule is CC.O=C(Cc1cc(-c2ccccc2)no1)N1CC(O)(C#CSI)C1. The van der Waals surface area contributed by atoms with E-state index in [1.165, 1.54) is 8.93 Å². The van der Waals surface area contributed by atoms with Crippen LogP contribution >= 0.6 is 30.1 Å². The van der Waals surface area contributed by atoms with Crippen LogP contribution in [0.25, 0.3) is 11.3 Å². The van der Waals surface area contributed by atoms with Crippen molar-refractivity contribution < 1.29 is 14.4 Å². The van der Waals surface area contributed by atoms with Crippen molar-refractivity contribution in [3.05, 3.63) is 42.2 Å². The fraction of sp³-hybridized carbons (Fsp3) is 0.333. The molecule has 0 radical (unpaired) electrons. The number of carbonyl (C=O) groups is 1. The van der Waals surface area contributed by atoms with Gasteiger partial charge in [0.25, 0.3) is 0 Å². The molecule has 1 saturated heterocycles. The van der Waals surface area contributed by atoms with Crippen molar-refractivity contribution in [2.24, 2.45) is 0 Å². The van der Waals surface area contributed by atoms with Crippen LogP contribution in [-0.2, 0) is 11.2 Å². The lowest BCUT2D eigenvalue weighted by Gasteiger charge is -2.42. The molecule has 2 heterocycles. The van der Waals surface area contributed by atoms with Gasteiger partial charge in [0.05, 0.1) is 19.5 Å². The Morgan fingerprint density at radius 2 is 2.08 bits per heavy atom. The number of aliphatic hydroxyl groups is 1. The van der Waals surface area contributed by atoms with Gasteiger partial charge in [-0.1, -0.05) is 55.3 Å². The summed E-state index contributed by atoms with van der Waals surface area (Å²) in [6.45, 7) is 4.46. The Morgan fingerprint density at radius 3 is 2.72 bits per heavy atom. The molecule has 0 bridgehead atoms. The second-order valence-corrected chi connectivity index (χ2v) is 6.99. The van der Waals surface area contributed by atoms with E-state index in [4.69, 9.17) is 4.52 Å². The van der Waals surface area contributed by atoms with E-state index in [9.17, 15) is 9.90 Å². The van der Waals surface area contributed by atoms with E-state index in [0.717, 1.165) is 5.56 Å². The standard InChI is InChI=1S/C16H13IN2O3S.C2H6/c17-23-7-6-16(21)10-19(11-16)15(20)9-13-8-14(18-22-13)12-4-2-1-3-5-12;1-2/h1-5,8,21H,9-11H2;1-2H3. The summed E-state index contributed by atoms with van der Waals surface area (Å²) in [6.07, 6.45) is 0.129. The van der Waals surface area contributed by atoms with Crippen LogP contribution in [-0.4, -0.2) is 39.8 Å². The molecule has 1 aromatic carbocycles. The van der Waals surface area contributed by atoms with Gasteiger partial charge >= 0.3 is 0 Å². The summed E-state index contributed by atoms with van der Waals surface area (Å²) in [5.74, 6) is 3.16. The fourth-order valence-corrected chi connectivity index (χ4v) is 2.92. The number of aromatic nitrogens is 1. The maximum absolute atomic E-state index is 12.2. The summed E-state index contributed by atoms with van der Waals surface area (Å²) in [4.78, 5) is 13.7. The Kier molecular flexibility index (Phi) is 7.35. The quantitative estimate of drug-likeness (QED) is 0.550. The third-order valence-electron chi connectivity index (χ3n) is 3.53. The van der Waals surface area contributed by atoms with E-state index in [-0.39, 0.29) is 25.4 Å². The van der Waals surface area contributed by atoms with Crippen molar-refractivity contribution >= 4 is 36.0 Å². The summed E-state index contributed by atoms with van der Waals surface area (Å²) >= 11 is 2.04. The van der Waals surface area contributed by atoms with Gasteiger partial charge in [-0.15, -0.1) is 0 Å². The number of hydrogen-bond donors (Lipinski definition) is 1. The molecule has 0 atom stereocenters. The van der Waals surface area contributed by atoms with E-state index < -0.39 is 5.60 Å². The van der Waals surface area contributed by atoms with Gasteiger partial charge in [0.2, 0.25) is 5.91 Å². The Hall–Kier alpha value is -1.50. The summed E-state index contributed by atoms with van der Waals surface area (Å²) in [7, 11) is 1.31. The molecule has 1 aliphatic heterocycles. The van der Waals surface area contributed by atoms with Gasteiger partial charge in [-0.25, -0.2) is 0 Å². The van der Waals surface area contributed by atoms with Crippen LogP contribution in [0.4, 0.5) is 0 Å². The zero-order chi connectivity index (χ0) is 18.3. The lowest BCUT2D eigenvalue weighted by atomic mass is 9.95. The highest BCUT2D eigenvalue weighted by atomic mass is 127. The van der Waals surface area contributed by atoms with Crippen molar-refractivity contribution in [3.63, 3.8) is 0 Å². The van der Waals surface area contributed by atoms with Crippen LogP contribution in [0.15, 0.2) is 40.9 Å². The first kappa shape index (κ1) is 19.8. The maximum Gasteiger partial charge on any atom is 0.230 e. The van der Waals surface area contributed by atoms with E-state index in [0.29, 0.717) is 11.5 Å². The lowest BCUT2D eigenvalue weighted by Crippen LogP contribution is -2.63. The number of likely N-dealkylation sites (tertiary alicyclic amines) is 1. The molecule has 0 aliphatic carbocycles. The van der Waals surface area contributed by atoms with Crippen LogP contribution in [0.5, 0.6) is 0 Å². The summed E-state index contributed by atoms with van der Waals surface area (Å²) < 4.78 is 5.23. The number of carbonyl (C=O) groups excluding carboxylic acids is 1. The monoisotopic (exact) mass is 470 g/mol. The van der Waals surface area contributed by atoms with Crippen molar-refractivity contribution in [2.45, 2.75) is 25.9 Å². The molecule has 25 heavy (non-hydrogen) atoms. The Labute approximate surface area is 163 Å². The molecule has 2 aromatic rings. The molecular weight excluding hydrogens is 451 g/mol. The van der Waals surface area contributed by atoms with E-state index in [2.05, 4.69) is 16.3 Å². The van der Waals surface area contributed by atoms with Crippen molar-refractivity contribution in [1.82, 2.24) is 10.1 Å². The summed E-state index contributed by atoms with van der Waals surface area (Å²) in [5.41, 5.74) is 0.572. The van der Waals surface area contributed by atoms with Gasteiger partial charge in [0.15, 0.2) is 5.60 Å². The molecule has 3 rings (SSSR count). The van der Waals surface area contributed by atoms with Gasteiger partial charge in [-0.3, -0.25) is 4.79 Å². The number of halogens is 1. The highest BCUT2D eigenvalue weighted by Gasteiger charge is 2.42. The van der Waals surface area contributed by atoms with Crippen molar-refractivity contribution in [3.8, 4) is 22.4 Å². The molecule has 132 valence electrons. The van der Waals surface area contributed by atoms with E-state index >= 15 is 0 Å². The maximum atomic E-state index is 12.2. The molecule has 1 fully saturated rings. The van der Waals surface area contributed by atoms with Crippen LogP contribution in [0, 0.1) is 11.2 Å². The molecule has 7 heteroatoms. The third kappa shape index (κ3) is 5.23. The molecule has 1 aliphatic rings. The normalized spacial score (nSPS) is 14.5. The van der Waals surface area contributed by atoms with E-state index in [1.54, 1.807) is 11.0 Å². The highest BCUT2D eigenvalue weighted by molar-refractivity contribution is 14.2. The Bertz CT molecular complexity index is 761. The smallest absolute Gasteiger partial charge is 0.230 e. The Morgan fingerprint density at radius 1 is 1.40 bits per heavy atom. The minimum Gasteiger partial charge on any atom is -0.374 e. The average molecular weight is 470 g/mol. The number of rotatable bonds is 3. The minimum absolute atomic E-state index is 0.102. The minimum atomic E-state index is -1.08. The highest BCUT2D eigenvalue weighted by Crippen LogP contribution is 2.23. The van der Waals surface area contributed by atoms with E-state index in [1.807, 2.05) is 65.4 Å². The topological polar surface area (TPSA) is 66.6 Å². The zero-order valence-corrected chi connectivity index (χ0v) is 17.0. The number of amides is 1. The predicted molar refractivity (Wildman–Crippen MR) is 108 cm³/mol. The second-order valence-electron chi connectivity index (χ2n) is 5.31. The molecule has 1 N–H and O–H groups in total. The molecular formula is C18H19IN2O3S. The van der Waals surface area contributed by atoms with Crippen molar-refractivity contribution in [1.29, 1.82) is 0 Å². The number of hydrogen-bond acceptors (Lipinski definition) is 5. The zero-order valence-electron chi connectivity index (χ0n) is 14.0. The third-order valence-corrected chi connectivity index (χ3v) is 4.37. The largest absolute Gasteiger partial charge is 0.374 e. The molecule has 1 amide bonds. The summed E-state index contributed by atoms with van der Waals surface area (Å²) in [5, 5.41) is 16.8. The average Bonchev–Trinajstić information content (AvgIpc) is 3.08. The predicted octanol–water partition coefficient (Wildman–Crippen LogP) is 3.53. The van der Waals surface area contributed by atoms with Gasteiger partial charge in [-0.2, -0.15) is 0 Å². The van der Waals surface area contributed by atoms with Crippen LogP contribution in [0.2, 0.25) is 0 Å². The second kappa shape index (κ2) is 9.27. The molecule has 0 spiro atoms. The Balaban J connectivity index is 0.00000109. The van der Waals surface area contributed by atoms with Gasteiger partial charge in [0.1, 0.15) is 11.5 Å². The van der Waals surface area contributed by atoms with Crippen molar-refractivity contribution in [2.75, 3.05) is 13.1 Å². The van der Waals surface area contributed by atoms with Crippen LogP contribution in [0.3, 0.4) is 0 Å². The molecule has 0 unspecified atom stereocenters. The number of β-amino-alcohol motifs (C(OH)–C–C–N with tert-alkyl or cyclic N) is 1. The first-order valence-corrected chi connectivity index (χ1v) is 11.3. The molecule has 5 nitrogen and oxygen atoms in total. The first-order chi connectivity index (χ1) is 12.1. The summed E-state index contributed by atoms with van der Waals surface area (Å²) in [6, 6.07) is 11.4. The van der Waals surface area contributed by atoms with Gasteiger partial charge < -0.3 is 14.5 Å². The van der Waals surface area contributed by atoms with Gasteiger partial charge in [0, 0.05) is 32.8 Å². The first-order valence-electron chi connectivity index (χ1n) is 7.90. The van der Waals surface area contributed by atoms with Crippen LogP contribution < -0.4 is 0 Å². The van der Waals surface area contributed by atoms with Crippen LogP contribution in [0.1, 0.15) is 19.6 Å².